The summed E-state index contributed by atoms with van der Waals surface area (Å²) in [5, 5.41) is 0. The largest absolute Gasteiger partial charge is 0.493 e. The fourth-order valence-corrected chi connectivity index (χ4v) is 1.76. The van der Waals surface area contributed by atoms with Crippen LogP contribution in [0.2, 0.25) is 0 Å². The van der Waals surface area contributed by atoms with Gasteiger partial charge in [-0.2, -0.15) is 0 Å². The number of hydrogen-bond acceptors (Lipinski definition) is 4. The highest BCUT2D eigenvalue weighted by Crippen LogP contribution is 2.41. The number of hydrogen-bond donors (Lipinski definition) is 0. The Bertz CT molecular complexity index is 455. The maximum Gasteiger partial charge on any atom is 0.253 e. The minimum absolute atomic E-state index is 0.105. The van der Waals surface area contributed by atoms with Crippen LogP contribution in [-0.2, 0) is 0 Å². The fourth-order valence-electron chi connectivity index (χ4n) is 1.76. The monoisotopic (exact) mass is 253 g/mol. The van der Waals surface area contributed by atoms with Gasteiger partial charge in [-0.15, -0.1) is 0 Å². The summed E-state index contributed by atoms with van der Waals surface area (Å²) < 4.78 is 15.8. The Kier molecular flexibility index (Phi) is 4.42. The lowest BCUT2D eigenvalue weighted by Gasteiger charge is -2.19. The zero-order valence-electron chi connectivity index (χ0n) is 11.7. The van der Waals surface area contributed by atoms with Gasteiger partial charge in [0.15, 0.2) is 11.5 Å². The van der Waals surface area contributed by atoms with E-state index in [9.17, 15) is 4.79 Å². The normalized spacial score (nSPS) is 9.89. The van der Waals surface area contributed by atoms with Crippen LogP contribution in [0.25, 0.3) is 0 Å². The maximum atomic E-state index is 12.1. The van der Waals surface area contributed by atoms with E-state index in [4.69, 9.17) is 14.2 Å². The van der Waals surface area contributed by atoms with Crippen LogP contribution in [-0.4, -0.2) is 46.2 Å². The second kappa shape index (κ2) is 5.62. The van der Waals surface area contributed by atoms with Gasteiger partial charge in [0.25, 0.3) is 5.91 Å². The zero-order chi connectivity index (χ0) is 13.9. The third-order valence-corrected chi connectivity index (χ3v) is 2.71. The molecule has 0 unspecified atom stereocenters. The molecular weight excluding hydrogens is 234 g/mol. The van der Waals surface area contributed by atoms with Crippen molar-refractivity contribution in [2.24, 2.45) is 0 Å². The lowest BCUT2D eigenvalue weighted by atomic mass is 10.0. The molecule has 0 aliphatic rings. The Morgan fingerprint density at radius 1 is 1.06 bits per heavy atom. The molecule has 0 spiro atoms. The number of carbonyl (C=O) groups excluding carboxylic acids is 1. The van der Waals surface area contributed by atoms with Crippen LogP contribution < -0.4 is 14.2 Å². The predicted octanol–water partition coefficient (Wildman–Crippen LogP) is 1.72. The highest BCUT2D eigenvalue weighted by atomic mass is 16.5. The maximum absolute atomic E-state index is 12.1. The average Bonchev–Trinajstić information content (AvgIpc) is 2.36. The molecule has 5 nitrogen and oxygen atoms in total. The van der Waals surface area contributed by atoms with Gasteiger partial charge < -0.3 is 19.1 Å². The van der Waals surface area contributed by atoms with Crippen molar-refractivity contribution in [1.82, 2.24) is 4.90 Å². The molecule has 0 aliphatic heterocycles. The minimum Gasteiger partial charge on any atom is -0.493 e. The summed E-state index contributed by atoms with van der Waals surface area (Å²) in [6, 6.07) is 1.67. The van der Waals surface area contributed by atoms with E-state index < -0.39 is 0 Å². The standard InChI is InChI=1S/C13H19NO4/c1-8-9(13(15)14(2)3)7-10(16-4)12(18-6)11(8)17-5/h7H,1-6H3. The molecule has 1 amide bonds. The molecular formula is C13H19NO4. The summed E-state index contributed by atoms with van der Waals surface area (Å²) in [6.07, 6.45) is 0. The summed E-state index contributed by atoms with van der Waals surface area (Å²) >= 11 is 0. The third-order valence-electron chi connectivity index (χ3n) is 2.71. The van der Waals surface area contributed by atoms with Crippen LogP contribution in [0.3, 0.4) is 0 Å². The number of benzene rings is 1. The van der Waals surface area contributed by atoms with Crippen LogP contribution in [0.15, 0.2) is 6.07 Å². The van der Waals surface area contributed by atoms with Gasteiger partial charge in [-0.05, 0) is 13.0 Å². The molecule has 0 N–H and O–H groups in total. The van der Waals surface area contributed by atoms with Crippen molar-refractivity contribution >= 4 is 5.91 Å². The van der Waals surface area contributed by atoms with E-state index in [1.165, 1.54) is 26.2 Å². The van der Waals surface area contributed by atoms with Gasteiger partial charge >= 0.3 is 0 Å². The Balaban J connectivity index is 3.51. The van der Waals surface area contributed by atoms with E-state index >= 15 is 0 Å². The molecule has 0 fully saturated rings. The van der Waals surface area contributed by atoms with Crippen LogP contribution in [0.5, 0.6) is 17.2 Å². The molecule has 0 aliphatic carbocycles. The molecule has 0 atom stereocenters. The summed E-state index contributed by atoms with van der Waals surface area (Å²) in [6.45, 7) is 1.82. The lowest BCUT2D eigenvalue weighted by molar-refractivity contribution is 0.0826. The average molecular weight is 253 g/mol. The van der Waals surface area contributed by atoms with Crippen LogP contribution in [0.1, 0.15) is 15.9 Å². The highest BCUT2D eigenvalue weighted by Gasteiger charge is 2.22. The van der Waals surface area contributed by atoms with E-state index in [-0.39, 0.29) is 5.91 Å². The van der Waals surface area contributed by atoms with Crippen molar-refractivity contribution in [3.05, 3.63) is 17.2 Å². The quantitative estimate of drug-likeness (QED) is 0.819. The van der Waals surface area contributed by atoms with Crippen LogP contribution in [0.4, 0.5) is 0 Å². The Hall–Kier alpha value is -1.91. The van der Waals surface area contributed by atoms with Crippen molar-refractivity contribution in [3.63, 3.8) is 0 Å². The SMILES string of the molecule is COc1cc(C(=O)N(C)C)c(C)c(OC)c1OC. The molecule has 0 radical (unpaired) electrons. The first-order valence-electron chi connectivity index (χ1n) is 5.49. The third kappa shape index (κ3) is 2.34. The molecule has 0 saturated carbocycles. The van der Waals surface area contributed by atoms with Gasteiger partial charge in [0.05, 0.1) is 26.9 Å². The number of rotatable bonds is 4. The van der Waals surface area contributed by atoms with Gasteiger partial charge in [-0.1, -0.05) is 0 Å². The van der Waals surface area contributed by atoms with Crippen LogP contribution >= 0.6 is 0 Å². The minimum atomic E-state index is -0.105. The van der Waals surface area contributed by atoms with Crippen molar-refractivity contribution in [2.75, 3.05) is 35.4 Å². The summed E-state index contributed by atoms with van der Waals surface area (Å²) in [5.74, 6) is 1.38. The Morgan fingerprint density at radius 2 is 1.61 bits per heavy atom. The van der Waals surface area contributed by atoms with Gasteiger partial charge in [0.1, 0.15) is 0 Å². The van der Waals surface area contributed by atoms with Gasteiger partial charge in [0, 0.05) is 19.7 Å². The second-order valence-corrected chi connectivity index (χ2v) is 4.02. The van der Waals surface area contributed by atoms with Crippen molar-refractivity contribution in [3.8, 4) is 17.2 Å². The summed E-state index contributed by atoms with van der Waals surface area (Å²) in [4.78, 5) is 13.6. The molecule has 0 bridgehead atoms. The van der Waals surface area contributed by atoms with Crippen molar-refractivity contribution in [1.29, 1.82) is 0 Å². The van der Waals surface area contributed by atoms with Gasteiger partial charge in [-0.3, -0.25) is 4.79 Å². The number of carbonyl (C=O) groups is 1. The van der Waals surface area contributed by atoms with Gasteiger partial charge in [-0.25, -0.2) is 0 Å². The Labute approximate surface area is 107 Å². The Morgan fingerprint density at radius 3 is 2.00 bits per heavy atom. The molecule has 1 aromatic rings. The van der Waals surface area contributed by atoms with E-state index in [0.717, 1.165) is 5.56 Å². The highest BCUT2D eigenvalue weighted by molar-refractivity contribution is 5.97. The van der Waals surface area contributed by atoms with E-state index in [1.54, 1.807) is 20.2 Å². The molecule has 1 aromatic carbocycles. The number of nitrogens with zero attached hydrogens (tertiary/aromatic N) is 1. The van der Waals surface area contributed by atoms with E-state index in [2.05, 4.69) is 0 Å². The van der Waals surface area contributed by atoms with Crippen molar-refractivity contribution < 1.29 is 19.0 Å². The van der Waals surface area contributed by atoms with Gasteiger partial charge in [0.2, 0.25) is 5.75 Å². The smallest absolute Gasteiger partial charge is 0.253 e. The first-order chi connectivity index (χ1) is 8.47. The molecule has 100 valence electrons. The second-order valence-electron chi connectivity index (χ2n) is 4.02. The number of ether oxygens (including phenoxy) is 3. The van der Waals surface area contributed by atoms with Crippen molar-refractivity contribution in [2.45, 2.75) is 6.92 Å². The molecule has 5 heteroatoms. The van der Waals surface area contributed by atoms with E-state index in [1.807, 2.05) is 6.92 Å². The zero-order valence-corrected chi connectivity index (χ0v) is 11.7. The fraction of sp³-hybridized carbons (Fsp3) is 0.462. The first kappa shape index (κ1) is 14.2. The lowest BCUT2D eigenvalue weighted by Crippen LogP contribution is -2.23. The molecule has 0 heterocycles. The molecule has 0 saturated heterocycles. The number of amides is 1. The molecule has 18 heavy (non-hydrogen) atoms. The van der Waals surface area contributed by atoms with Crippen LogP contribution in [0, 0.1) is 6.92 Å². The molecule has 1 rings (SSSR count). The molecule has 0 aromatic heterocycles. The summed E-state index contributed by atoms with van der Waals surface area (Å²) in [7, 11) is 7.99. The van der Waals surface area contributed by atoms with E-state index in [0.29, 0.717) is 22.8 Å². The summed E-state index contributed by atoms with van der Waals surface area (Å²) in [5.41, 5.74) is 1.27. The predicted molar refractivity (Wildman–Crippen MR) is 68.9 cm³/mol. The first-order valence-corrected chi connectivity index (χ1v) is 5.49. The number of methoxy groups -OCH3 is 3. The topological polar surface area (TPSA) is 48.0 Å².